The van der Waals surface area contributed by atoms with Crippen LogP contribution < -0.4 is 5.32 Å². The molecule has 1 aromatic heterocycles. The Labute approximate surface area is 180 Å². The lowest BCUT2D eigenvalue weighted by Crippen LogP contribution is -2.40. The molecule has 154 valence electrons. The number of alkyl carbamates (subject to hydrolysis) is 1. The third kappa shape index (κ3) is 5.38. The molecular formula is C23H28BrN3O2. The van der Waals surface area contributed by atoms with E-state index in [0.717, 1.165) is 21.1 Å². The molecule has 0 bridgehead atoms. The van der Waals surface area contributed by atoms with Gasteiger partial charge in [-0.2, -0.15) is 0 Å². The first-order chi connectivity index (χ1) is 13.4. The predicted molar refractivity (Wildman–Crippen MR) is 121 cm³/mol. The molecule has 0 fully saturated rings. The quantitative estimate of drug-likeness (QED) is 0.465. The third-order valence-corrected chi connectivity index (χ3v) is 5.00. The van der Waals surface area contributed by atoms with Crippen molar-refractivity contribution in [2.45, 2.75) is 53.2 Å². The van der Waals surface area contributed by atoms with Gasteiger partial charge in [0, 0.05) is 10.0 Å². The number of nitrogens with one attached hydrogen (secondary N) is 2. The van der Waals surface area contributed by atoms with Crippen LogP contribution in [0, 0.1) is 5.41 Å². The molecule has 0 radical (unpaired) electrons. The van der Waals surface area contributed by atoms with E-state index in [1.807, 2.05) is 33.0 Å². The molecule has 29 heavy (non-hydrogen) atoms. The Hall–Kier alpha value is -2.34. The Morgan fingerprint density at radius 2 is 1.72 bits per heavy atom. The number of hydrogen-bond acceptors (Lipinski definition) is 3. The fraction of sp³-hybridized carbons (Fsp3) is 0.391. The number of aromatic amines is 1. The number of halogens is 1. The van der Waals surface area contributed by atoms with Crippen LogP contribution in [-0.4, -0.2) is 21.7 Å². The fourth-order valence-corrected chi connectivity index (χ4v) is 3.51. The van der Waals surface area contributed by atoms with Crippen molar-refractivity contribution in [1.29, 1.82) is 0 Å². The molecule has 6 heteroatoms. The lowest BCUT2D eigenvalue weighted by Gasteiger charge is -2.31. The zero-order valence-corrected chi connectivity index (χ0v) is 19.3. The van der Waals surface area contributed by atoms with Crippen LogP contribution in [0.3, 0.4) is 0 Å². The summed E-state index contributed by atoms with van der Waals surface area (Å²) in [7, 11) is 0. The number of benzene rings is 2. The van der Waals surface area contributed by atoms with Crippen molar-refractivity contribution in [3.8, 4) is 11.3 Å². The molecular weight excluding hydrogens is 430 g/mol. The molecule has 3 rings (SSSR count). The first-order valence-corrected chi connectivity index (χ1v) is 10.5. The number of fused-ring (bicyclic) bond motifs is 1. The minimum atomic E-state index is -0.555. The Bertz CT molecular complexity index is 1030. The zero-order chi connectivity index (χ0) is 21.4. The number of hydrogen-bond donors (Lipinski definition) is 2. The number of imidazole rings is 1. The molecule has 2 aromatic carbocycles. The molecule has 0 saturated heterocycles. The summed E-state index contributed by atoms with van der Waals surface area (Å²) in [6, 6.07) is 12.2. The van der Waals surface area contributed by atoms with Crippen LogP contribution in [0.25, 0.3) is 22.0 Å². The summed E-state index contributed by atoms with van der Waals surface area (Å²) in [5, 5.41) is 5.29. The van der Waals surface area contributed by atoms with Crippen molar-refractivity contribution >= 4 is 32.8 Å². The third-order valence-electron chi connectivity index (χ3n) is 4.51. The van der Waals surface area contributed by atoms with Crippen LogP contribution in [0.5, 0.6) is 0 Å². The number of ether oxygens (including phenoxy) is 1. The monoisotopic (exact) mass is 457 g/mol. The molecule has 0 aliphatic heterocycles. The van der Waals surface area contributed by atoms with Crippen molar-refractivity contribution in [2.24, 2.45) is 5.41 Å². The standard InChI is InChI=1S/C23H28BrN3O2/c1-22(2,3)19(27-21(28)29-23(4,5)6)20-25-13-18(26-20)16-8-7-15-12-17(24)10-9-14(15)11-16/h7-13,19H,1-6H3,(H,25,26)(H,27,28). The van der Waals surface area contributed by atoms with Crippen LogP contribution in [0.15, 0.2) is 47.1 Å². The smallest absolute Gasteiger partial charge is 0.408 e. The highest BCUT2D eigenvalue weighted by atomic mass is 79.9. The van der Waals surface area contributed by atoms with Crippen LogP contribution >= 0.6 is 15.9 Å². The molecule has 1 heterocycles. The summed E-state index contributed by atoms with van der Waals surface area (Å²) in [5.74, 6) is 0.703. The lowest BCUT2D eigenvalue weighted by molar-refractivity contribution is 0.0458. The second-order valence-electron chi connectivity index (χ2n) is 9.33. The summed E-state index contributed by atoms with van der Waals surface area (Å²) in [5.41, 5.74) is 1.15. The van der Waals surface area contributed by atoms with Crippen molar-refractivity contribution in [3.05, 3.63) is 52.9 Å². The zero-order valence-electron chi connectivity index (χ0n) is 17.8. The van der Waals surface area contributed by atoms with E-state index in [0.29, 0.717) is 5.82 Å². The maximum absolute atomic E-state index is 12.4. The normalized spacial score (nSPS) is 13.3. The highest BCUT2D eigenvalue weighted by molar-refractivity contribution is 9.10. The van der Waals surface area contributed by atoms with Crippen LogP contribution in [0.4, 0.5) is 4.79 Å². The van der Waals surface area contributed by atoms with E-state index >= 15 is 0 Å². The summed E-state index contributed by atoms with van der Waals surface area (Å²) >= 11 is 3.51. The number of carbonyl (C=O) groups excluding carboxylic acids is 1. The Kier molecular flexibility index (Phi) is 5.77. The Balaban J connectivity index is 1.89. The molecule has 3 aromatic rings. The van der Waals surface area contributed by atoms with Gasteiger partial charge in [0.1, 0.15) is 11.4 Å². The lowest BCUT2D eigenvalue weighted by atomic mass is 9.86. The van der Waals surface area contributed by atoms with E-state index in [1.165, 1.54) is 5.39 Å². The number of aromatic nitrogens is 2. The maximum Gasteiger partial charge on any atom is 0.408 e. The Morgan fingerprint density at radius 1 is 1.07 bits per heavy atom. The van der Waals surface area contributed by atoms with Gasteiger partial charge < -0.3 is 15.0 Å². The van der Waals surface area contributed by atoms with Crippen molar-refractivity contribution in [2.75, 3.05) is 0 Å². The minimum absolute atomic E-state index is 0.248. The number of nitrogens with zero attached hydrogens (tertiary/aromatic N) is 1. The molecule has 1 unspecified atom stereocenters. The van der Waals surface area contributed by atoms with Crippen LogP contribution in [-0.2, 0) is 4.74 Å². The van der Waals surface area contributed by atoms with Gasteiger partial charge in [-0.3, -0.25) is 0 Å². The van der Waals surface area contributed by atoms with E-state index in [2.05, 4.69) is 82.3 Å². The topological polar surface area (TPSA) is 67.0 Å². The first kappa shape index (κ1) is 21.4. The largest absolute Gasteiger partial charge is 0.444 e. The van der Waals surface area contributed by atoms with Gasteiger partial charge in [0.15, 0.2) is 0 Å². The number of carbonyl (C=O) groups is 1. The second-order valence-corrected chi connectivity index (χ2v) is 10.2. The van der Waals surface area contributed by atoms with E-state index in [4.69, 9.17) is 4.74 Å². The summed E-state index contributed by atoms with van der Waals surface area (Å²) < 4.78 is 6.50. The van der Waals surface area contributed by atoms with Gasteiger partial charge in [-0.15, -0.1) is 0 Å². The minimum Gasteiger partial charge on any atom is -0.444 e. The maximum atomic E-state index is 12.4. The fourth-order valence-electron chi connectivity index (χ4n) is 3.13. The van der Waals surface area contributed by atoms with Crippen molar-refractivity contribution < 1.29 is 9.53 Å². The molecule has 2 N–H and O–H groups in total. The van der Waals surface area contributed by atoms with Gasteiger partial charge >= 0.3 is 6.09 Å². The average Bonchev–Trinajstić information content (AvgIpc) is 3.06. The second kappa shape index (κ2) is 7.82. The van der Waals surface area contributed by atoms with E-state index in [1.54, 1.807) is 0 Å². The van der Waals surface area contributed by atoms with Crippen molar-refractivity contribution in [3.63, 3.8) is 0 Å². The van der Waals surface area contributed by atoms with Crippen LogP contribution in [0.1, 0.15) is 53.4 Å². The number of H-pyrrole nitrogens is 1. The summed E-state index contributed by atoms with van der Waals surface area (Å²) in [4.78, 5) is 20.3. The average molecular weight is 458 g/mol. The highest BCUT2D eigenvalue weighted by Crippen LogP contribution is 2.33. The van der Waals surface area contributed by atoms with Gasteiger partial charge in [0.2, 0.25) is 0 Å². The van der Waals surface area contributed by atoms with Crippen molar-refractivity contribution in [1.82, 2.24) is 15.3 Å². The SMILES string of the molecule is CC(C)(C)OC(=O)NC(c1ncc(-c2ccc3cc(Br)ccc3c2)[nH]1)C(C)(C)C. The van der Waals surface area contributed by atoms with Gasteiger partial charge in [0.05, 0.1) is 17.9 Å². The van der Waals surface area contributed by atoms with E-state index in [9.17, 15) is 4.79 Å². The predicted octanol–water partition coefficient (Wildman–Crippen LogP) is 6.60. The summed E-state index contributed by atoms with van der Waals surface area (Å²) in [6.45, 7) is 11.7. The van der Waals surface area contributed by atoms with E-state index < -0.39 is 11.7 Å². The van der Waals surface area contributed by atoms with E-state index in [-0.39, 0.29) is 11.5 Å². The van der Waals surface area contributed by atoms with Crippen LogP contribution in [0.2, 0.25) is 0 Å². The molecule has 5 nitrogen and oxygen atoms in total. The Morgan fingerprint density at radius 3 is 2.38 bits per heavy atom. The first-order valence-electron chi connectivity index (χ1n) is 9.66. The molecule has 0 saturated carbocycles. The van der Waals surface area contributed by atoms with Gasteiger partial charge in [0.25, 0.3) is 0 Å². The molecule has 1 atom stereocenters. The molecule has 1 amide bonds. The molecule has 0 aliphatic rings. The highest BCUT2D eigenvalue weighted by Gasteiger charge is 2.32. The molecule has 0 aliphatic carbocycles. The van der Waals surface area contributed by atoms with Gasteiger partial charge in [-0.1, -0.05) is 54.9 Å². The van der Waals surface area contributed by atoms with Gasteiger partial charge in [-0.25, -0.2) is 9.78 Å². The molecule has 0 spiro atoms. The number of amides is 1. The summed E-state index contributed by atoms with van der Waals surface area (Å²) in [6.07, 6.45) is 1.36. The van der Waals surface area contributed by atoms with Gasteiger partial charge in [-0.05, 0) is 55.2 Å². The number of rotatable bonds is 3.